The fraction of sp³-hybridized carbons (Fsp3) is 0.467. The number of nitriles is 1. The molecule has 2 rings (SSSR count). The highest BCUT2D eigenvalue weighted by Gasteiger charge is 2.33. The van der Waals surface area contributed by atoms with E-state index in [9.17, 15) is 14.4 Å². The third-order valence-corrected chi connectivity index (χ3v) is 4.19. The summed E-state index contributed by atoms with van der Waals surface area (Å²) in [5.41, 5.74) is -0.888. The molecule has 0 aromatic heterocycles. The van der Waals surface area contributed by atoms with Gasteiger partial charge >= 0.3 is 0 Å². The molecule has 1 amide bonds. The van der Waals surface area contributed by atoms with Crippen molar-refractivity contribution in [2.24, 2.45) is 0 Å². The van der Waals surface area contributed by atoms with Crippen molar-refractivity contribution in [2.75, 3.05) is 0 Å². The van der Waals surface area contributed by atoms with Gasteiger partial charge in [-0.1, -0.05) is 41.6 Å². The van der Waals surface area contributed by atoms with Gasteiger partial charge in [-0.05, 0) is 31.0 Å². The molecule has 1 aliphatic carbocycles. The minimum atomic E-state index is -0.859. The summed E-state index contributed by atoms with van der Waals surface area (Å²) in [5.74, 6) is -1.10. The molecule has 106 valence electrons. The molecule has 1 aromatic carbocycles. The van der Waals surface area contributed by atoms with Gasteiger partial charge in [0, 0.05) is 4.47 Å². The summed E-state index contributed by atoms with van der Waals surface area (Å²) in [6.45, 7) is 0. The first-order chi connectivity index (χ1) is 9.56. The second kappa shape index (κ2) is 6.36. The Balaban J connectivity index is 2.21. The van der Waals surface area contributed by atoms with Crippen molar-refractivity contribution >= 4 is 21.8 Å². The summed E-state index contributed by atoms with van der Waals surface area (Å²) >= 11 is 3.22. The van der Waals surface area contributed by atoms with Crippen LogP contribution in [0.5, 0.6) is 0 Å². The molecule has 0 bridgehead atoms. The Labute approximate surface area is 126 Å². The highest BCUT2D eigenvalue weighted by atomic mass is 79.9. The zero-order chi connectivity index (χ0) is 14.6. The summed E-state index contributed by atoms with van der Waals surface area (Å²) in [6.07, 6.45) is 5.23. The van der Waals surface area contributed by atoms with Crippen LogP contribution in [0.1, 0.15) is 48.9 Å². The van der Waals surface area contributed by atoms with Crippen molar-refractivity contribution in [3.8, 4) is 6.07 Å². The van der Waals surface area contributed by atoms with E-state index in [2.05, 4.69) is 27.3 Å². The minimum absolute atomic E-state index is 0.0294. The lowest BCUT2D eigenvalue weighted by atomic mass is 9.91. The molecule has 1 fully saturated rings. The molecule has 20 heavy (non-hydrogen) atoms. The fourth-order valence-electron chi connectivity index (χ4n) is 2.55. The molecule has 0 radical (unpaired) electrons. The number of carbonyl (C=O) groups is 1. The molecule has 1 aromatic rings. The molecular formula is C15H16BrFN2O. The van der Waals surface area contributed by atoms with E-state index >= 15 is 0 Å². The molecule has 1 aliphatic rings. The molecular weight excluding hydrogens is 323 g/mol. The Bertz CT molecular complexity index is 545. The van der Waals surface area contributed by atoms with Crippen molar-refractivity contribution < 1.29 is 9.18 Å². The molecule has 5 heteroatoms. The van der Waals surface area contributed by atoms with Gasteiger partial charge in [-0.2, -0.15) is 5.26 Å². The van der Waals surface area contributed by atoms with Crippen LogP contribution in [-0.2, 0) is 0 Å². The van der Waals surface area contributed by atoms with E-state index in [1.807, 2.05) is 0 Å². The van der Waals surface area contributed by atoms with Gasteiger partial charge < -0.3 is 5.32 Å². The number of hydrogen-bond donors (Lipinski definition) is 1. The maximum atomic E-state index is 13.7. The van der Waals surface area contributed by atoms with Crippen molar-refractivity contribution in [3.63, 3.8) is 0 Å². The van der Waals surface area contributed by atoms with E-state index in [-0.39, 0.29) is 5.56 Å². The van der Waals surface area contributed by atoms with Crippen LogP contribution in [0.3, 0.4) is 0 Å². The molecule has 0 spiro atoms. The minimum Gasteiger partial charge on any atom is -0.334 e. The number of hydrogen-bond acceptors (Lipinski definition) is 2. The van der Waals surface area contributed by atoms with Crippen LogP contribution in [0.4, 0.5) is 4.39 Å². The second-order valence-electron chi connectivity index (χ2n) is 5.19. The number of halogens is 2. The van der Waals surface area contributed by atoms with Gasteiger partial charge in [0.25, 0.3) is 5.91 Å². The molecule has 3 nitrogen and oxygen atoms in total. The predicted molar refractivity (Wildman–Crippen MR) is 77.6 cm³/mol. The van der Waals surface area contributed by atoms with Crippen LogP contribution in [0, 0.1) is 17.1 Å². The van der Waals surface area contributed by atoms with Crippen molar-refractivity contribution in [2.45, 2.75) is 44.1 Å². The molecule has 0 atom stereocenters. The number of carbonyl (C=O) groups excluding carboxylic acids is 1. The van der Waals surface area contributed by atoms with Gasteiger partial charge in [0.2, 0.25) is 0 Å². The van der Waals surface area contributed by atoms with Crippen LogP contribution in [0.15, 0.2) is 22.7 Å². The topological polar surface area (TPSA) is 52.9 Å². The number of rotatable bonds is 2. The lowest BCUT2D eigenvalue weighted by molar-refractivity contribution is 0.0908. The van der Waals surface area contributed by atoms with Gasteiger partial charge in [0.1, 0.15) is 11.4 Å². The second-order valence-corrected chi connectivity index (χ2v) is 6.10. The fourth-order valence-corrected chi connectivity index (χ4v) is 2.91. The molecule has 1 N–H and O–H groups in total. The molecule has 0 saturated heterocycles. The number of nitrogens with one attached hydrogen (secondary N) is 1. The predicted octanol–water partition coefficient (Wildman–Crippen LogP) is 3.93. The molecule has 0 aliphatic heterocycles. The normalized spacial score (nSPS) is 17.9. The number of amides is 1. The number of nitrogens with zero attached hydrogens (tertiary/aromatic N) is 1. The van der Waals surface area contributed by atoms with E-state index < -0.39 is 17.3 Å². The Morgan fingerprint density at radius 2 is 1.95 bits per heavy atom. The van der Waals surface area contributed by atoms with Gasteiger partial charge in [0.15, 0.2) is 0 Å². The van der Waals surface area contributed by atoms with Crippen LogP contribution in [0.25, 0.3) is 0 Å². The summed E-state index contributed by atoms with van der Waals surface area (Å²) < 4.78 is 14.4. The first-order valence-electron chi connectivity index (χ1n) is 6.75. The van der Waals surface area contributed by atoms with Gasteiger partial charge in [0.05, 0.1) is 11.6 Å². The van der Waals surface area contributed by atoms with Crippen LogP contribution >= 0.6 is 15.9 Å². The standard InChI is InChI=1S/C15H16BrFN2O/c16-11-5-6-13(17)12(9-11)14(20)19-15(10-18)7-3-1-2-4-8-15/h5-6,9H,1-4,7-8H2,(H,19,20). The van der Waals surface area contributed by atoms with Crippen molar-refractivity contribution in [3.05, 3.63) is 34.1 Å². The summed E-state index contributed by atoms with van der Waals surface area (Å²) in [7, 11) is 0. The van der Waals surface area contributed by atoms with E-state index in [0.717, 1.165) is 25.7 Å². The smallest absolute Gasteiger partial charge is 0.255 e. The van der Waals surface area contributed by atoms with E-state index in [4.69, 9.17) is 0 Å². The quantitative estimate of drug-likeness (QED) is 0.830. The molecule has 0 unspecified atom stereocenters. The highest BCUT2D eigenvalue weighted by molar-refractivity contribution is 9.10. The van der Waals surface area contributed by atoms with E-state index in [1.165, 1.54) is 18.2 Å². The van der Waals surface area contributed by atoms with E-state index in [1.54, 1.807) is 0 Å². The summed E-state index contributed by atoms with van der Waals surface area (Å²) in [4.78, 5) is 12.2. The highest BCUT2D eigenvalue weighted by Crippen LogP contribution is 2.27. The monoisotopic (exact) mass is 338 g/mol. The SMILES string of the molecule is N#CC1(NC(=O)c2cc(Br)ccc2F)CCCCCC1. The zero-order valence-electron chi connectivity index (χ0n) is 11.1. The average molecular weight is 339 g/mol. The first-order valence-corrected chi connectivity index (χ1v) is 7.54. The Kier molecular flexibility index (Phi) is 4.77. The van der Waals surface area contributed by atoms with Crippen LogP contribution < -0.4 is 5.32 Å². The zero-order valence-corrected chi connectivity index (χ0v) is 12.7. The van der Waals surface area contributed by atoms with Gasteiger partial charge in [-0.25, -0.2) is 4.39 Å². The maximum absolute atomic E-state index is 13.7. The molecule has 1 saturated carbocycles. The third kappa shape index (κ3) is 3.37. The van der Waals surface area contributed by atoms with Gasteiger partial charge in [-0.15, -0.1) is 0 Å². The van der Waals surface area contributed by atoms with Crippen LogP contribution in [0.2, 0.25) is 0 Å². The van der Waals surface area contributed by atoms with Crippen molar-refractivity contribution in [1.29, 1.82) is 5.26 Å². The summed E-state index contributed by atoms with van der Waals surface area (Å²) in [6, 6.07) is 6.44. The Hall–Kier alpha value is -1.41. The van der Waals surface area contributed by atoms with E-state index in [0.29, 0.717) is 17.3 Å². The molecule has 0 heterocycles. The first kappa shape index (κ1) is 15.0. The average Bonchev–Trinajstić information content (AvgIpc) is 2.67. The Morgan fingerprint density at radius 3 is 2.55 bits per heavy atom. The number of benzene rings is 1. The lowest BCUT2D eigenvalue weighted by Crippen LogP contribution is -2.47. The summed E-state index contributed by atoms with van der Waals surface area (Å²) in [5, 5.41) is 12.2. The maximum Gasteiger partial charge on any atom is 0.255 e. The van der Waals surface area contributed by atoms with Crippen molar-refractivity contribution in [1.82, 2.24) is 5.32 Å². The van der Waals surface area contributed by atoms with Gasteiger partial charge in [-0.3, -0.25) is 4.79 Å². The lowest BCUT2D eigenvalue weighted by Gasteiger charge is -2.26. The Morgan fingerprint density at radius 1 is 1.30 bits per heavy atom. The largest absolute Gasteiger partial charge is 0.334 e. The van der Waals surface area contributed by atoms with Crippen LogP contribution in [-0.4, -0.2) is 11.4 Å². The third-order valence-electron chi connectivity index (χ3n) is 3.70.